The monoisotopic (exact) mass is 1520 g/mol. The molecule has 15 heteroatoms. The van der Waals surface area contributed by atoms with E-state index in [0.717, 1.165) is 180 Å². The molecule has 0 saturated carbocycles. The molecule has 16 aromatic carbocycles. The quantitative estimate of drug-likeness (QED) is 0.155. The molecule has 0 fully saturated rings. The Labute approximate surface area is 670 Å². The number of thiophene rings is 1. The molecule has 0 aliphatic carbocycles. The second-order valence-corrected chi connectivity index (χ2v) is 31.2. The molecule has 0 aliphatic rings. The number of aromatic nitrogens is 12. The lowest BCUT2D eigenvalue weighted by molar-refractivity contribution is 0.671. The first-order valence-corrected chi connectivity index (χ1v) is 40.1. The Hall–Kier alpha value is -16.0. The Morgan fingerprint density at radius 2 is 0.585 bits per heavy atom. The summed E-state index contributed by atoms with van der Waals surface area (Å²) in [5.74, 6) is 1.94. The summed E-state index contributed by atoms with van der Waals surface area (Å²) >= 11 is 1.81. The van der Waals surface area contributed by atoms with Crippen molar-refractivity contribution < 1.29 is 8.83 Å². The van der Waals surface area contributed by atoms with Gasteiger partial charge in [-0.1, -0.05) is 237 Å². The lowest BCUT2D eigenvalue weighted by Crippen LogP contribution is -2.02. The van der Waals surface area contributed by atoms with Crippen molar-refractivity contribution in [3.63, 3.8) is 0 Å². The maximum atomic E-state index is 6.52. The number of fused-ring (bicyclic) bond motifs is 42. The normalized spacial score (nSPS) is 12.2. The Morgan fingerprint density at radius 3 is 1.08 bits per heavy atom. The van der Waals surface area contributed by atoms with Crippen molar-refractivity contribution in [2.75, 3.05) is 0 Å². The van der Waals surface area contributed by atoms with E-state index < -0.39 is 0 Å². The average molecular weight is 1530 g/mol. The van der Waals surface area contributed by atoms with Crippen LogP contribution in [-0.2, 0) is 0 Å². The van der Waals surface area contributed by atoms with Gasteiger partial charge in [0.2, 0.25) is 17.8 Å². The third kappa shape index (κ3) is 9.12. The van der Waals surface area contributed by atoms with Gasteiger partial charge in [-0.15, -0.1) is 11.3 Å². The molecule has 0 saturated heterocycles. The number of nitrogens with zero attached hydrogens (tertiary/aromatic N) is 12. The number of pyridine rings is 3. The zero-order valence-corrected chi connectivity index (χ0v) is 63.2. The van der Waals surface area contributed by atoms with Gasteiger partial charge >= 0.3 is 0 Å². The summed E-state index contributed by atoms with van der Waals surface area (Å²) in [6.45, 7) is 0. The number of benzene rings is 16. The summed E-state index contributed by atoms with van der Waals surface area (Å²) in [5, 5.41) is 29.3. The van der Waals surface area contributed by atoms with Gasteiger partial charge in [0.1, 0.15) is 22.2 Å². The van der Waals surface area contributed by atoms with Crippen LogP contribution in [0.4, 0.5) is 0 Å². The highest BCUT2D eigenvalue weighted by atomic mass is 32.1. The van der Waals surface area contributed by atoms with Gasteiger partial charge in [0.15, 0.2) is 11.2 Å². The smallest absolute Gasteiger partial charge is 0.235 e. The van der Waals surface area contributed by atoms with E-state index in [1.807, 2.05) is 91.0 Å². The molecule has 546 valence electrons. The lowest BCUT2D eigenvalue weighted by atomic mass is 9.98. The summed E-state index contributed by atoms with van der Waals surface area (Å²) in [6.07, 6.45) is 11.5. The van der Waals surface area contributed by atoms with E-state index in [1.165, 1.54) is 57.9 Å². The maximum absolute atomic E-state index is 6.52. The predicted octanol–water partition coefficient (Wildman–Crippen LogP) is 26.6. The van der Waals surface area contributed by atoms with Gasteiger partial charge in [-0.25, -0.2) is 29.9 Å². The SMILES string of the molecule is c1ccc2c(c1)ccc1nc(-n3c4ccccc4c4c5cccnc5c5oc6ccccc6c5c43)ncc12.c1ccc2c(c1)ccc1nc(-n3c4ccccc4c4c5cccnc5c5sc6ccccc6c5c43)ncc12.c1ccc2c(c1)oc1c3ncccc3c3c4ccccc4n(-c4ncc5c6ccccc6c6ccccc6c5n4)c3c21. The average Bonchev–Trinajstić information content (AvgIpc) is 1.53. The minimum Gasteiger partial charge on any atom is -0.454 e. The first-order chi connectivity index (χ1) is 58.6. The van der Waals surface area contributed by atoms with E-state index >= 15 is 0 Å². The van der Waals surface area contributed by atoms with Crippen molar-refractivity contribution in [1.82, 2.24) is 58.6 Å². The predicted molar refractivity (Wildman–Crippen MR) is 485 cm³/mol. The number of hydrogen-bond donors (Lipinski definition) is 0. The van der Waals surface area contributed by atoms with E-state index in [0.29, 0.717) is 17.8 Å². The Morgan fingerprint density at radius 1 is 0.229 bits per heavy atom. The van der Waals surface area contributed by atoms with Crippen molar-refractivity contribution >= 4 is 249 Å². The fraction of sp³-hybridized carbons (Fsp3) is 0. The van der Waals surface area contributed by atoms with E-state index in [1.54, 1.807) is 0 Å². The lowest BCUT2D eigenvalue weighted by Gasteiger charge is -2.12. The molecule has 28 rings (SSSR count). The second-order valence-electron chi connectivity index (χ2n) is 30.1. The summed E-state index contributed by atoms with van der Waals surface area (Å²) in [5.41, 5.74) is 15.2. The molecule has 0 radical (unpaired) electrons. The van der Waals surface area contributed by atoms with Crippen LogP contribution in [0.2, 0.25) is 0 Å². The largest absolute Gasteiger partial charge is 0.454 e. The summed E-state index contributed by atoms with van der Waals surface area (Å²) in [6, 6.07) is 105. The zero-order chi connectivity index (χ0) is 77.0. The van der Waals surface area contributed by atoms with E-state index in [2.05, 4.69) is 275 Å². The van der Waals surface area contributed by atoms with Crippen LogP contribution in [0, 0.1) is 0 Å². The van der Waals surface area contributed by atoms with Crippen LogP contribution in [0.15, 0.2) is 349 Å². The van der Waals surface area contributed by atoms with E-state index in [-0.39, 0.29) is 0 Å². The first-order valence-electron chi connectivity index (χ1n) is 39.3. The van der Waals surface area contributed by atoms with Gasteiger partial charge in [-0.2, -0.15) is 0 Å². The molecule has 0 spiro atoms. The highest BCUT2D eigenvalue weighted by molar-refractivity contribution is 7.27. The zero-order valence-electron chi connectivity index (χ0n) is 62.4. The summed E-state index contributed by atoms with van der Waals surface area (Å²) < 4.78 is 22.1. The minimum absolute atomic E-state index is 0.629. The third-order valence-electron chi connectivity index (χ3n) is 24.0. The molecule has 118 heavy (non-hydrogen) atoms. The maximum Gasteiger partial charge on any atom is 0.235 e. The molecule has 14 nitrogen and oxygen atoms in total. The molecule has 0 N–H and O–H groups in total. The van der Waals surface area contributed by atoms with Crippen LogP contribution < -0.4 is 0 Å². The second kappa shape index (κ2) is 24.8. The van der Waals surface area contributed by atoms with Crippen LogP contribution in [0.1, 0.15) is 0 Å². The van der Waals surface area contributed by atoms with Gasteiger partial charge in [0, 0.05) is 133 Å². The van der Waals surface area contributed by atoms with E-state index in [9.17, 15) is 0 Å². The Kier molecular flexibility index (Phi) is 13.5. The molecule has 28 aromatic rings. The first kappa shape index (κ1) is 64.5. The molecule has 12 aromatic heterocycles. The molecule has 0 bridgehead atoms. The Bertz CT molecular complexity index is 8900. The van der Waals surface area contributed by atoms with Crippen LogP contribution in [0.25, 0.3) is 256 Å². The van der Waals surface area contributed by atoms with Crippen molar-refractivity contribution in [3.05, 3.63) is 340 Å². The van der Waals surface area contributed by atoms with Gasteiger partial charge in [0.05, 0.1) is 70.6 Å². The van der Waals surface area contributed by atoms with Crippen molar-refractivity contribution in [1.29, 1.82) is 0 Å². The van der Waals surface area contributed by atoms with Gasteiger partial charge in [-0.3, -0.25) is 28.7 Å². The standard InChI is InChI=1S/C37H20N4O.C33H18N4O.C33H18N4S/c1-2-12-23-21(10-1)22-11-3-4-13-24(22)33-28(23)20-39-37(40-33)41-29-17-7-5-14-25(29)31-27-16-9-19-38-34(27)36-32(35(31)41)26-15-6-8-18-30(26)42-36;2*1-2-9-20-19(8-1)15-16-25-24(20)18-35-33(36-25)37-26-13-5-3-10-21(26)28-23-12-7-17-34-30(23)32-29(31(28)37)22-11-4-6-14-27(22)38-32/h1-20H;2*1-18H. The van der Waals surface area contributed by atoms with Crippen molar-refractivity contribution in [3.8, 4) is 17.8 Å². The molecule has 0 aliphatic heterocycles. The highest BCUT2D eigenvalue weighted by Gasteiger charge is 2.29. The third-order valence-corrected chi connectivity index (χ3v) is 25.2. The molecule has 0 atom stereocenters. The Balaban J connectivity index is 0.0000000964. The fourth-order valence-electron chi connectivity index (χ4n) is 19.1. The number of rotatable bonds is 3. The number of para-hydroxylation sites is 5. The highest BCUT2D eigenvalue weighted by Crippen LogP contribution is 2.51. The molecular formula is C103H56N12O2S. The molecule has 0 unspecified atom stereocenters. The number of furan rings is 2. The fourth-order valence-corrected chi connectivity index (χ4v) is 20.3. The molecule has 0 amide bonds. The van der Waals surface area contributed by atoms with Crippen LogP contribution in [-0.4, -0.2) is 58.6 Å². The topological polar surface area (TPSA) is 157 Å². The van der Waals surface area contributed by atoms with E-state index in [4.69, 9.17) is 53.7 Å². The van der Waals surface area contributed by atoms with Gasteiger partial charge in [-0.05, 0) is 104 Å². The minimum atomic E-state index is 0.629. The van der Waals surface area contributed by atoms with Crippen molar-refractivity contribution in [2.45, 2.75) is 0 Å². The van der Waals surface area contributed by atoms with Crippen LogP contribution in [0.3, 0.4) is 0 Å². The van der Waals surface area contributed by atoms with Crippen LogP contribution >= 0.6 is 11.3 Å². The van der Waals surface area contributed by atoms with Gasteiger partial charge in [0.25, 0.3) is 0 Å². The molecular weight excluding hydrogens is 1470 g/mol. The molecule has 12 heterocycles. The summed E-state index contributed by atoms with van der Waals surface area (Å²) in [4.78, 5) is 45.1. The summed E-state index contributed by atoms with van der Waals surface area (Å²) in [7, 11) is 0. The number of hydrogen-bond acceptors (Lipinski definition) is 12. The van der Waals surface area contributed by atoms with Crippen molar-refractivity contribution in [2.24, 2.45) is 0 Å². The van der Waals surface area contributed by atoms with Crippen LogP contribution in [0.5, 0.6) is 0 Å². The van der Waals surface area contributed by atoms with Gasteiger partial charge < -0.3 is 8.83 Å².